The van der Waals surface area contributed by atoms with Crippen molar-refractivity contribution in [3.63, 3.8) is 0 Å². The molecule has 152 valence electrons. The van der Waals surface area contributed by atoms with Crippen molar-refractivity contribution in [3.05, 3.63) is 54.0 Å². The van der Waals surface area contributed by atoms with Crippen LogP contribution in [0.1, 0.15) is 48.4 Å². The van der Waals surface area contributed by atoms with E-state index in [2.05, 4.69) is 6.07 Å². The molecule has 0 spiro atoms. The van der Waals surface area contributed by atoms with Crippen molar-refractivity contribution in [1.82, 2.24) is 4.90 Å². The molecule has 1 amide bonds. The lowest BCUT2D eigenvalue weighted by atomic mass is 9.81. The highest BCUT2D eigenvalue weighted by molar-refractivity contribution is 5.89. The van der Waals surface area contributed by atoms with Gasteiger partial charge < -0.3 is 18.8 Å². The number of rotatable bonds is 7. The average Bonchev–Trinajstić information content (AvgIpc) is 3.25. The zero-order valence-electron chi connectivity index (χ0n) is 16.4. The van der Waals surface area contributed by atoms with E-state index in [1.807, 2.05) is 30.3 Å². The lowest BCUT2D eigenvalue weighted by Crippen LogP contribution is -2.51. The first-order chi connectivity index (χ1) is 14.0. The Bertz CT molecular complexity index is 878. The maximum Gasteiger partial charge on any atom is 0.374 e. The molecule has 7 nitrogen and oxygen atoms in total. The van der Waals surface area contributed by atoms with Crippen molar-refractivity contribution >= 4 is 11.9 Å². The Morgan fingerprint density at radius 3 is 2.55 bits per heavy atom. The van der Waals surface area contributed by atoms with Crippen LogP contribution in [0.4, 0.5) is 0 Å². The van der Waals surface area contributed by atoms with E-state index in [1.54, 1.807) is 13.1 Å². The minimum absolute atomic E-state index is 0.000206. The van der Waals surface area contributed by atoms with Crippen molar-refractivity contribution in [1.29, 1.82) is 5.26 Å². The number of hydrogen-bond acceptors (Lipinski definition) is 6. The first-order valence-corrected chi connectivity index (χ1v) is 9.66. The summed E-state index contributed by atoms with van der Waals surface area (Å²) in [5, 5.41) is 9.57. The number of likely N-dealkylation sites (N-methyl/N-ethyl adjacent to an activating group) is 1. The molecule has 1 aromatic carbocycles. The summed E-state index contributed by atoms with van der Waals surface area (Å²) in [6.07, 6.45) is 4.16. The molecule has 1 saturated carbocycles. The summed E-state index contributed by atoms with van der Waals surface area (Å²) in [4.78, 5) is 26.1. The van der Waals surface area contributed by atoms with Crippen molar-refractivity contribution in [2.24, 2.45) is 0 Å². The van der Waals surface area contributed by atoms with Crippen LogP contribution in [-0.2, 0) is 16.1 Å². The molecule has 0 atom stereocenters. The Morgan fingerprint density at radius 2 is 1.86 bits per heavy atom. The summed E-state index contributed by atoms with van der Waals surface area (Å²) < 4.78 is 16.1. The molecule has 0 N–H and O–H groups in total. The summed E-state index contributed by atoms with van der Waals surface area (Å²) in [6.45, 7) is -0.265. The first kappa shape index (κ1) is 20.5. The summed E-state index contributed by atoms with van der Waals surface area (Å²) in [6, 6.07) is 14.6. The molecule has 2 aromatic rings. The maximum atomic E-state index is 12.5. The molecule has 29 heavy (non-hydrogen) atoms. The third kappa shape index (κ3) is 4.96. The minimum atomic E-state index is -0.811. The number of benzene rings is 1. The van der Waals surface area contributed by atoms with Crippen LogP contribution in [0.25, 0.3) is 0 Å². The highest BCUT2D eigenvalue weighted by Gasteiger charge is 2.39. The van der Waals surface area contributed by atoms with Gasteiger partial charge in [0.25, 0.3) is 5.91 Å². The summed E-state index contributed by atoms with van der Waals surface area (Å²) >= 11 is 0. The number of ether oxygens (including phenoxy) is 2. The standard InChI is InChI=1S/C22H24N2O5/c1-24(22(16-23)12-6-3-7-13-22)20(25)15-28-21(26)19-11-10-18(29-19)14-27-17-8-4-2-5-9-17/h2,4-5,8-11H,3,6-7,12-15H2,1H3. The number of para-hydroxylation sites is 1. The molecule has 1 heterocycles. The van der Waals surface area contributed by atoms with E-state index < -0.39 is 24.0 Å². The van der Waals surface area contributed by atoms with Crippen LogP contribution >= 0.6 is 0 Å². The second-order valence-corrected chi connectivity index (χ2v) is 7.10. The molecule has 0 radical (unpaired) electrons. The minimum Gasteiger partial charge on any atom is -0.486 e. The van der Waals surface area contributed by atoms with Crippen LogP contribution in [0.3, 0.4) is 0 Å². The van der Waals surface area contributed by atoms with Crippen LogP contribution < -0.4 is 4.74 Å². The second kappa shape index (κ2) is 9.28. The van der Waals surface area contributed by atoms with Gasteiger partial charge in [0, 0.05) is 7.05 Å². The normalized spacial score (nSPS) is 15.2. The SMILES string of the molecule is CN(C(=O)COC(=O)c1ccc(COc2ccccc2)o1)C1(C#N)CCCCC1. The van der Waals surface area contributed by atoms with Crippen LogP contribution in [0.2, 0.25) is 0 Å². The Balaban J connectivity index is 1.51. The predicted octanol–water partition coefficient (Wildman–Crippen LogP) is 3.70. The molecule has 3 rings (SSSR count). The van der Waals surface area contributed by atoms with Crippen molar-refractivity contribution in [3.8, 4) is 11.8 Å². The Kier molecular flexibility index (Phi) is 6.55. The summed E-state index contributed by atoms with van der Waals surface area (Å²) in [5.74, 6) is 0.0267. The predicted molar refractivity (Wildman–Crippen MR) is 104 cm³/mol. The van der Waals surface area contributed by atoms with E-state index in [4.69, 9.17) is 13.9 Å². The molecule has 1 aliphatic rings. The van der Waals surface area contributed by atoms with E-state index >= 15 is 0 Å². The maximum absolute atomic E-state index is 12.5. The van der Waals surface area contributed by atoms with E-state index in [9.17, 15) is 14.9 Å². The summed E-state index contributed by atoms with van der Waals surface area (Å²) in [7, 11) is 1.59. The molecular weight excluding hydrogens is 372 g/mol. The van der Waals surface area contributed by atoms with Gasteiger partial charge in [-0.15, -0.1) is 0 Å². The van der Waals surface area contributed by atoms with Crippen LogP contribution in [0, 0.1) is 11.3 Å². The van der Waals surface area contributed by atoms with Gasteiger partial charge in [0.05, 0.1) is 6.07 Å². The van der Waals surface area contributed by atoms with Gasteiger partial charge in [-0.1, -0.05) is 37.5 Å². The highest BCUT2D eigenvalue weighted by atomic mass is 16.6. The molecule has 0 aliphatic heterocycles. The van der Waals surface area contributed by atoms with Gasteiger partial charge in [0.15, 0.2) is 6.61 Å². The van der Waals surface area contributed by atoms with Crippen molar-refractivity contribution < 1.29 is 23.5 Å². The lowest BCUT2D eigenvalue weighted by Gasteiger charge is -2.38. The third-order valence-corrected chi connectivity index (χ3v) is 5.22. The fourth-order valence-electron chi connectivity index (χ4n) is 3.43. The zero-order valence-corrected chi connectivity index (χ0v) is 16.4. The van der Waals surface area contributed by atoms with E-state index in [-0.39, 0.29) is 12.4 Å². The number of carbonyl (C=O) groups is 2. The van der Waals surface area contributed by atoms with Gasteiger partial charge in [0.2, 0.25) is 5.76 Å². The number of hydrogen-bond donors (Lipinski definition) is 0. The average molecular weight is 396 g/mol. The molecule has 0 saturated heterocycles. The molecule has 1 aromatic heterocycles. The number of amides is 1. The summed E-state index contributed by atoms with van der Waals surface area (Å²) in [5.41, 5.74) is -0.811. The number of furan rings is 1. The molecule has 0 bridgehead atoms. The first-order valence-electron chi connectivity index (χ1n) is 9.66. The Labute approximate surface area is 169 Å². The van der Waals surface area contributed by atoms with Crippen LogP contribution in [-0.4, -0.2) is 36.0 Å². The molecule has 0 unspecified atom stereocenters. The molecule has 1 aliphatic carbocycles. The topological polar surface area (TPSA) is 92.8 Å². The van der Waals surface area contributed by atoms with Gasteiger partial charge in [-0.05, 0) is 37.1 Å². The lowest BCUT2D eigenvalue weighted by molar-refractivity contribution is -0.138. The third-order valence-electron chi connectivity index (χ3n) is 5.22. The van der Waals surface area contributed by atoms with Crippen LogP contribution in [0.5, 0.6) is 5.75 Å². The Hall–Kier alpha value is -3.27. The van der Waals surface area contributed by atoms with Gasteiger partial charge in [-0.2, -0.15) is 5.26 Å². The van der Waals surface area contributed by atoms with Gasteiger partial charge >= 0.3 is 5.97 Å². The fourth-order valence-corrected chi connectivity index (χ4v) is 3.43. The largest absolute Gasteiger partial charge is 0.486 e. The highest BCUT2D eigenvalue weighted by Crippen LogP contribution is 2.32. The smallest absolute Gasteiger partial charge is 0.374 e. The quantitative estimate of drug-likeness (QED) is 0.663. The number of nitrogens with zero attached hydrogens (tertiary/aromatic N) is 2. The molecular formula is C22H24N2O5. The number of nitriles is 1. The molecule has 1 fully saturated rings. The Morgan fingerprint density at radius 1 is 1.14 bits per heavy atom. The van der Waals surface area contributed by atoms with Gasteiger partial charge in [-0.3, -0.25) is 4.79 Å². The van der Waals surface area contributed by atoms with Gasteiger partial charge in [-0.25, -0.2) is 4.79 Å². The second-order valence-electron chi connectivity index (χ2n) is 7.10. The number of esters is 1. The molecule has 7 heteroatoms. The van der Waals surface area contributed by atoms with Crippen molar-refractivity contribution in [2.45, 2.75) is 44.2 Å². The number of carbonyl (C=O) groups excluding carboxylic acids is 2. The fraction of sp³-hybridized carbons (Fsp3) is 0.409. The van der Waals surface area contributed by atoms with E-state index in [0.717, 1.165) is 19.3 Å². The van der Waals surface area contributed by atoms with E-state index in [0.29, 0.717) is 24.4 Å². The zero-order chi connectivity index (χ0) is 20.7. The van der Waals surface area contributed by atoms with Crippen LogP contribution in [0.15, 0.2) is 46.9 Å². The van der Waals surface area contributed by atoms with Crippen molar-refractivity contribution in [2.75, 3.05) is 13.7 Å². The van der Waals surface area contributed by atoms with E-state index in [1.165, 1.54) is 11.0 Å². The monoisotopic (exact) mass is 396 g/mol. The van der Waals surface area contributed by atoms with Gasteiger partial charge in [0.1, 0.15) is 23.7 Å².